The normalized spacial score (nSPS) is 17.6. The van der Waals surface area contributed by atoms with E-state index in [-0.39, 0.29) is 24.0 Å². The number of halogens is 1. The van der Waals surface area contributed by atoms with E-state index in [9.17, 15) is 0 Å². The van der Waals surface area contributed by atoms with E-state index in [2.05, 4.69) is 55.8 Å². The number of piperidine rings is 1. The predicted molar refractivity (Wildman–Crippen MR) is 136 cm³/mol. The molecule has 1 aliphatic heterocycles. The third-order valence-electron chi connectivity index (χ3n) is 5.85. The summed E-state index contributed by atoms with van der Waals surface area (Å²) in [6.45, 7) is 4.62. The second-order valence-electron chi connectivity index (χ2n) is 8.30. The van der Waals surface area contributed by atoms with Gasteiger partial charge < -0.3 is 15.4 Å². The van der Waals surface area contributed by atoms with Crippen LogP contribution in [0.2, 0.25) is 0 Å². The predicted octanol–water partition coefficient (Wildman–Crippen LogP) is 3.82. The lowest BCUT2D eigenvalue weighted by atomic mass is 10.0. The standard InChI is InChI=1S/C24H33N5O.HI/c1-25-24(27-16-20-6-2-3-8-23(20)30-18-19-9-10-19)28-21-11-14-29(15-12-21)17-22-7-4-5-13-26-22;/h2-8,13,19,21H,9-12,14-18H2,1H3,(H2,25,27,28);1H. The molecule has 2 N–H and O–H groups in total. The summed E-state index contributed by atoms with van der Waals surface area (Å²) in [5.74, 6) is 2.59. The van der Waals surface area contributed by atoms with Crippen LogP contribution >= 0.6 is 24.0 Å². The Morgan fingerprint density at radius 3 is 2.58 bits per heavy atom. The minimum atomic E-state index is 0. The first-order valence-electron chi connectivity index (χ1n) is 11.1. The van der Waals surface area contributed by atoms with Crippen molar-refractivity contribution in [1.82, 2.24) is 20.5 Å². The molecule has 168 valence electrons. The summed E-state index contributed by atoms with van der Waals surface area (Å²) >= 11 is 0. The van der Waals surface area contributed by atoms with Crippen molar-refractivity contribution in [2.24, 2.45) is 10.9 Å². The fraction of sp³-hybridized carbons (Fsp3) is 0.500. The molecule has 0 radical (unpaired) electrons. The van der Waals surface area contributed by atoms with Crippen LogP contribution in [0.5, 0.6) is 5.75 Å². The first kappa shape index (κ1) is 23.8. The van der Waals surface area contributed by atoms with E-state index in [1.54, 1.807) is 0 Å². The molecule has 7 heteroatoms. The molecular weight excluding hydrogens is 501 g/mol. The van der Waals surface area contributed by atoms with Gasteiger partial charge in [0.2, 0.25) is 0 Å². The highest BCUT2D eigenvalue weighted by molar-refractivity contribution is 14.0. The number of benzene rings is 1. The Labute approximate surface area is 202 Å². The summed E-state index contributed by atoms with van der Waals surface area (Å²) in [7, 11) is 1.83. The molecule has 1 aromatic heterocycles. The highest BCUT2D eigenvalue weighted by atomic mass is 127. The zero-order valence-corrected chi connectivity index (χ0v) is 20.6. The maximum atomic E-state index is 6.03. The molecule has 1 aliphatic carbocycles. The molecule has 1 saturated carbocycles. The van der Waals surface area contributed by atoms with Gasteiger partial charge in [-0.15, -0.1) is 24.0 Å². The van der Waals surface area contributed by atoms with Crippen LogP contribution in [-0.2, 0) is 13.1 Å². The van der Waals surface area contributed by atoms with Gasteiger partial charge in [-0.05, 0) is 49.8 Å². The number of hydrogen-bond acceptors (Lipinski definition) is 4. The molecule has 1 saturated heterocycles. The van der Waals surface area contributed by atoms with Gasteiger partial charge in [-0.2, -0.15) is 0 Å². The molecular formula is C24H34IN5O. The summed E-state index contributed by atoms with van der Waals surface area (Å²) in [6.07, 6.45) is 6.69. The second-order valence-corrected chi connectivity index (χ2v) is 8.30. The van der Waals surface area contributed by atoms with Crippen LogP contribution in [0, 0.1) is 5.92 Å². The SMILES string of the molecule is CN=C(NCc1ccccc1OCC1CC1)NC1CCN(Cc2ccccn2)CC1.I. The van der Waals surface area contributed by atoms with Crippen molar-refractivity contribution >= 4 is 29.9 Å². The number of hydrogen-bond donors (Lipinski definition) is 2. The second kappa shape index (κ2) is 12.2. The summed E-state index contributed by atoms with van der Waals surface area (Å²) in [5, 5.41) is 7.06. The Balaban J connectivity index is 0.00000272. The van der Waals surface area contributed by atoms with Crippen LogP contribution in [-0.4, -0.2) is 48.6 Å². The molecule has 0 unspecified atom stereocenters. The molecule has 0 spiro atoms. The molecule has 2 aromatic rings. The Morgan fingerprint density at radius 1 is 1.10 bits per heavy atom. The van der Waals surface area contributed by atoms with E-state index >= 15 is 0 Å². The lowest BCUT2D eigenvalue weighted by Gasteiger charge is -2.32. The molecule has 4 rings (SSSR count). The average Bonchev–Trinajstić information content (AvgIpc) is 3.62. The summed E-state index contributed by atoms with van der Waals surface area (Å²) in [4.78, 5) is 11.3. The zero-order chi connectivity index (χ0) is 20.6. The number of likely N-dealkylation sites (tertiary alicyclic amines) is 1. The Bertz CT molecular complexity index is 820. The van der Waals surface area contributed by atoms with Crippen molar-refractivity contribution in [2.75, 3.05) is 26.7 Å². The summed E-state index contributed by atoms with van der Waals surface area (Å²) < 4.78 is 6.03. The molecule has 1 aromatic carbocycles. The zero-order valence-electron chi connectivity index (χ0n) is 18.3. The van der Waals surface area contributed by atoms with E-state index in [4.69, 9.17) is 4.74 Å². The van der Waals surface area contributed by atoms with Gasteiger partial charge in [-0.3, -0.25) is 14.9 Å². The van der Waals surface area contributed by atoms with Crippen LogP contribution in [0.25, 0.3) is 0 Å². The third-order valence-corrected chi connectivity index (χ3v) is 5.85. The van der Waals surface area contributed by atoms with Crippen LogP contribution in [0.1, 0.15) is 36.9 Å². The number of nitrogens with zero attached hydrogens (tertiary/aromatic N) is 3. The molecule has 2 aliphatic rings. The lowest BCUT2D eigenvalue weighted by molar-refractivity contribution is 0.196. The fourth-order valence-electron chi connectivity index (χ4n) is 3.81. The Kier molecular flexibility index (Phi) is 9.39. The van der Waals surface area contributed by atoms with Crippen molar-refractivity contribution in [3.8, 4) is 5.75 Å². The highest BCUT2D eigenvalue weighted by Gasteiger charge is 2.23. The van der Waals surface area contributed by atoms with Gasteiger partial charge in [-0.1, -0.05) is 24.3 Å². The van der Waals surface area contributed by atoms with Gasteiger partial charge >= 0.3 is 0 Å². The molecule has 0 atom stereocenters. The Morgan fingerprint density at radius 2 is 1.87 bits per heavy atom. The quantitative estimate of drug-likeness (QED) is 0.306. The number of para-hydroxylation sites is 1. The van der Waals surface area contributed by atoms with Crippen LogP contribution in [0.3, 0.4) is 0 Å². The van der Waals surface area contributed by atoms with Crippen LogP contribution in [0.15, 0.2) is 53.7 Å². The number of guanidine groups is 1. The van der Waals surface area contributed by atoms with Gasteiger partial charge in [-0.25, -0.2) is 0 Å². The summed E-state index contributed by atoms with van der Waals surface area (Å²) in [6, 6.07) is 14.9. The lowest BCUT2D eigenvalue weighted by Crippen LogP contribution is -2.48. The maximum absolute atomic E-state index is 6.03. The average molecular weight is 535 g/mol. The Hall–Kier alpha value is -1.87. The van der Waals surface area contributed by atoms with Crippen molar-refractivity contribution in [3.63, 3.8) is 0 Å². The first-order valence-corrected chi connectivity index (χ1v) is 11.1. The van der Waals surface area contributed by atoms with E-state index in [0.717, 1.165) is 62.4 Å². The molecule has 2 fully saturated rings. The van der Waals surface area contributed by atoms with E-state index in [1.165, 1.54) is 18.4 Å². The van der Waals surface area contributed by atoms with E-state index < -0.39 is 0 Å². The number of pyridine rings is 1. The van der Waals surface area contributed by atoms with Crippen molar-refractivity contribution < 1.29 is 4.74 Å². The topological polar surface area (TPSA) is 61.8 Å². The van der Waals surface area contributed by atoms with Gasteiger partial charge in [0.15, 0.2) is 5.96 Å². The smallest absolute Gasteiger partial charge is 0.191 e. The van der Waals surface area contributed by atoms with Gasteiger partial charge in [0.25, 0.3) is 0 Å². The molecule has 31 heavy (non-hydrogen) atoms. The number of aliphatic imine (C=N–C) groups is 1. The van der Waals surface area contributed by atoms with Crippen molar-refractivity contribution in [1.29, 1.82) is 0 Å². The van der Waals surface area contributed by atoms with Crippen molar-refractivity contribution in [3.05, 3.63) is 59.9 Å². The first-order chi connectivity index (χ1) is 14.8. The van der Waals surface area contributed by atoms with Gasteiger partial charge in [0, 0.05) is 51.0 Å². The van der Waals surface area contributed by atoms with Gasteiger partial charge in [0.1, 0.15) is 5.75 Å². The molecule has 0 bridgehead atoms. The van der Waals surface area contributed by atoms with Crippen molar-refractivity contribution in [2.45, 2.75) is 44.8 Å². The number of ether oxygens (including phenoxy) is 1. The molecule has 6 nitrogen and oxygen atoms in total. The molecule has 2 heterocycles. The van der Waals surface area contributed by atoms with Crippen LogP contribution < -0.4 is 15.4 Å². The van der Waals surface area contributed by atoms with Crippen LogP contribution in [0.4, 0.5) is 0 Å². The minimum Gasteiger partial charge on any atom is -0.493 e. The summed E-state index contributed by atoms with van der Waals surface area (Å²) in [5.41, 5.74) is 2.32. The number of nitrogens with one attached hydrogen (secondary N) is 2. The largest absolute Gasteiger partial charge is 0.493 e. The fourth-order valence-corrected chi connectivity index (χ4v) is 3.81. The van der Waals surface area contributed by atoms with Gasteiger partial charge in [0.05, 0.1) is 12.3 Å². The highest BCUT2D eigenvalue weighted by Crippen LogP contribution is 2.30. The molecule has 0 amide bonds. The maximum Gasteiger partial charge on any atom is 0.191 e. The minimum absolute atomic E-state index is 0. The third kappa shape index (κ3) is 7.64. The number of rotatable bonds is 8. The van der Waals surface area contributed by atoms with E-state index in [1.807, 2.05) is 25.4 Å². The van der Waals surface area contributed by atoms with E-state index in [0.29, 0.717) is 12.6 Å². The monoisotopic (exact) mass is 535 g/mol. The number of aromatic nitrogens is 1.